The summed E-state index contributed by atoms with van der Waals surface area (Å²) in [7, 11) is 0. The van der Waals surface area contributed by atoms with E-state index in [4.69, 9.17) is 0 Å². The monoisotopic (exact) mass is 233 g/mol. The predicted molar refractivity (Wildman–Crippen MR) is 60.1 cm³/mol. The van der Waals surface area contributed by atoms with Gasteiger partial charge in [-0.1, -0.05) is 0 Å². The molecule has 17 heavy (non-hydrogen) atoms. The second-order valence-electron chi connectivity index (χ2n) is 4.07. The van der Waals surface area contributed by atoms with E-state index >= 15 is 0 Å². The van der Waals surface area contributed by atoms with Gasteiger partial charge >= 0.3 is 5.69 Å². The number of carbonyl (C=O) groups excluding carboxylic acids is 1. The van der Waals surface area contributed by atoms with E-state index in [-0.39, 0.29) is 11.5 Å². The topological polar surface area (TPSA) is 83.4 Å². The highest BCUT2D eigenvalue weighted by molar-refractivity contribution is 5.84. The van der Waals surface area contributed by atoms with E-state index in [0.29, 0.717) is 24.4 Å². The zero-order valence-electron chi connectivity index (χ0n) is 9.09. The lowest BCUT2D eigenvalue weighted by Crippen LogP contribution is -2.36. The quantitative estimate of drug-likeness (QED) is 0.723. The van der Waals surface area contributed by atoms with Gasteiger partial charge in [-0.2, -0.15) is 5.10 Å². The van der Waals surface area contributed by atoms with E-state index < -0.39 is 0 Å². The lowest BCUT2D eigenvalue weighted by molar-refractivity contribution is -0.118. The number of hydrogen-bond donors (Lipinski definition) is 1. The second-order valence-corrected chi connectivity index (χ2v) is 4.07. The Morgan fingerprint density at radius 1 is 1.35 bits per heavy atom. The molecule has 1 aliphatic rings. The van der Waals surface area contributed by atoms with E-state index in [1.54, 1.807) is 6.07 Å². The van der Waals surface area contributed by atoms with Crippen molar-refractivity contribution < 1.29 is 4.79 Å². The summed E-state index contributed by atoms with van der Waals surface area (Å²) in [5.41, 5.74) is 0.201. The van der Waals surface area contributed by atoms with Crippen LogP contribution in [0.3, 0.4) is 0 Å². The van der Waals surface area contributed by atoms with Crippen molar-refractivity contribution in [3.05, 3.63) is 22.9 Å². The van der Waals surface area contributed by atoms with Gasteiger partial charge in [0, 0.05) is 19.0 Å². The number of anilines is 1. The van der Waals surface area contributed by atoms with Crippen LogP contribution in [0.2, 0.25) is 0 Å². The van der Waals surface area contributed by atoms with Gasteiger partial charge in [0.25, 0.3) is 0 Å². The molecule has 0 bridgehead atoms. The Bertz CT molecular complexity index is 629. The van der Waals surface area contributed by atoms with Gasteiger partial charge in [-0.15, -0.1) is 0 Å². The highest BCUT2D eigenvalue weighted by atomic mass is 16.1. The molecule has 0 radical (unpaired) electrons. The average Bonchev–Trinajstić information content (AvgIpc) is 2.71. The molecule has 0 unspecified atom stereocenters. The maximum absolute atomic E-state index is 11.4. The molecule has 1 aliphatic heterocycles. The number of H-pyrrole nitrogens is 1. The molecule has 3 rings (SSSR count). The fourth-order valence-corrected chi connectivity index (χ4v) is 2.01. The average molecular weight is 233 g/mol. The van der Waals surface area contributed by atoms with Crippen LogP contribution < -0.4 is 10.6 Å². The van der Waals surface area contributed by atoms with Crippen LogP contribution in [-0.2, 0) is 4.79 Å². The van der Waals surface area contributed by atoms with E-state index in [9.17, 15) is 9.59 Å². The van der Waals surface area contributed by atoms with E-state index in [1.165, 1.54) is 10.7 Å². The molecule has 3 heterocycles. The van der Waals surface area contributed by atoms with Gasteiger partial charge in [0.2, 0.25) is 0 Å². The van der Waals surface area contributed by atoms with E-state index in [1.807, 2.05) is 4.90 Å². The highest BCUT2D eigenvalue weighted by Gasteiger charge is 2.18. The lowest BCUT2D eigenvalue weighted by atomic mass is 10.1. The van der Waals surface area contributed by atoms with Crippen molar-refractivity contribution in [3.8, 4) is 0 Å². The van der Waals surface area contributed by atoms with Gasteiger partial charge in [-0.25, -0.2) is 19.3 Å². The third-order valence-corrected chi connectivity index (χ3v) is 2.87. The first kappa shape index (κ1) is 10.0. The third-order valence-electron chi connectivity index (χ3n) is 2.87. The van der Waals surface area contributed by atoms with Crippen molar-refractivity contribution in [1.82, 2.24) is 19.6 Å². The summed E-state index contributed by atoms with van der Waals surface area (Å²) >= 11 is 0. The predicted octanol–water partition coefficient (Wildman–Crippen LogP) is -0.413. The van der Waals surface area contributed by atoms with Crippen LogP contribution in [-0.4, -0.2) is 38.5 Å². The maximum atomic E-state index is 11.4. The number of aromatic amines is 1. The molecule has 1 saturated heterocycles. The summed E-state index contributed by atoms with van der Waals surface area (Å²) in [6.45, 7) is 1.20. The number of piperidine rings is 1. The van der Waals surface area contributed by atoms with Gasteiger partial charge in [0.1, 0.15) is 12.1 Å². The van der Waals surface area contributed by atoms with E-state index in [2.05, 4.69) is 15.2 Å². The number of nitrogens with zero attached hydrogens (tertiary/aromatic N) is 4. The molecule has 0 aliphatic carbocycles. The Morgan fingerprint density at radius 2 is 2.24 bits per heavy atom. The van der Waals surface area contributed by atoms with Gasteiger partial charge in [0.05, 0.1) is 6.54 Å². The minimum Gasteiger partial charge on any atom is -0.349 e. The van der Waals surface area contributed by atoms with Crippen LogP contribution in [0.25, 0.3) is 5.65 Å². The summed E-state index contributed by atoms with van der Waals surface area (Å²) in [5, 5.41) is 6.21. The van der Waals surface area contributed by atoms with Crippen molar-refractivity contribution >= 4 is 17.2 Å². The van der Waals surface area contributed by atoms with Crippen molar-refractivity contribution in [2.75, 3.05) is 18.0 Å². The van der Waals surface area contributed by atoms with Crippen molar-refractivity contribution in [1.29, 1.82) is 0 Å². The minimum absolute atomic E-state index is 0.220. The first-order valence-corrected chi connectivity index (χ1v) is 5.43. The molecule has 0 spiro atoms. The normalized spacial score (nSPS) is 16.7. The van der Waals surface area contributed by atoms with Crippen LogP contribution in [0.1, 0.15) is 12.8 Å². The largest absolute Gasteiger partial charge is 0.349 e. The molecule has 2 aromatic rings. The molecular weight excluding hydrogens is 222 g/mol. The van der Waals surface area contributed by atoms with Crippen molar-refractivity contribution in [2.45, 2.75) is 12.8 Å². The molecule has 88 valence electrons. The van der Waals surface area contributed by atoms with Crippen LogP contribution >= 0.6 is 0 Å². The number of Topliss-reactive ketones (excluding diaryl/α,β-unsaturated/α-hetero) is 1. The van der Waals surface area contributed by atoms with Gasteiger partial charge in [-0.3, -0.25) is 4.79 Å². The van der Waals surface area contributed by atoms with E-state index in [0.717, 1.165) is 13.0 Å². The Balaban J connectivity index is 2.00. The Morgan fingerprint density at radius 3 is 3.06 bits per heavy atom. The fourth-order valence-electron chi connectivity index (χ4n) is 2.01. The number of aromatic nitrogens is 4. The molecule has 7 heteroatoms. The molecule has 1 N–H and O–H groups in total. The molecule has 2 aromatic heterocycles. The molecule has 0 saturated carbocycles. The minimum atomic E-state index is -0.311. The zero-order chi connectivity index (χ0) is 11.8. The van der Waals surface area contributed by atoms with Gasteiger partial charge < -0.3 is 4.90 Å². The molecular formula is C10H11N5O2. The third kappa shape index (κ3) is 1.69. The summed E-state index contributed by atoms with van der Waals surface area (Å²) in [5.74, 6) is 0.905. The summed E-state index contributed by atoms with van der Waals surface area (Å²) < 4.78 is 1.33. The first-order chi connectivity index (χ1) is 8.24. The van der Waals surface area contributed by atoms with Gasteiger partial charge in [0.15, 0.2) is 11.4 Å². The number of nitrogens with one attached hydrogen (secondary N) is 1. The highest BCUT2D eigenvalue weighted by Crippen LogP contribution is 2.15. The van der Waals surface area contributed by atoms with Crippen LogP contribution in [0.5, 0.6) is 0 Å². The maximum Gasteiger partial charge on any atom is 0.348 e. The standard InChI is InChI=1S/C10H11N5O2/c16-7-2-1-3-14(5-7)8-4-9-12-13-10(17)15(9)6-11-8/h4,6H,1-3,5H2,(H,13,17). The summed E-state index contributed by atoms with van der Waals surface area (Å²) in [6, 6.07) is 1.70. The van der Waals surface area contributed by atoms with Gasteiger partial charge in [-0.05, 0) is 6.42 Å². The van der Waals surface area contributed by atoms with Crippen molar-refractivity contribution in [2.24, 2.45) is 0 Å². The molecule has 0 amide bonds. The fraction of sp³-hybridized carbons (Fsp3) is 0.400. The molecule has 0 atom stereocenters. The number of fused-ring (bicyclic) bond motifs is 1. The SMILES string of the molecule is O=C1CCCN(c2cc3n[nH]c(=O)n3cn2)C1. The summed E-state index contributed by atoms with van der Waals surface area (Å²) in [6.07, 6.45) is 2.91. The number of ketones is 1. The lowest BCUT2D eigenvalue weighted by Gasteiger charge is -2.26. The van der Waals surface area contributed by atoms with Crippen LogP contribution in [0, 0.1) is 0 Å². The Kier molecular flexibility index (Phi) is 2.17. The molecule has 1 fully saturated rings. The number of hydrogen-bond acceptors (Lipinski definition) is 5. The Hall–Kier alpha value is -2.18. The molecule has 7 nitrogen and oxygen atoms in total. The van der Waals surface area contributed by atoms with Crippen LogP contribution in [0.4, 0.5) is 5.82 Å². The Labute approximate surface area is 96.1 Å². The number of carbonyl (C=O) groups is 1. The first-order valence-electron chi connectivity index (χ1n) is 5.43. The zero-order valence-corrected chi connectivity index (χ0v) is 9.09. The molecule has 0 aromatic carbocycles. The van der Waals surface area contributed by atoms with Crippen molar-refractivity contribution in [3.63, 3.8) is 0 Å². The number of rotatable bonds is 1. The smallest absolute Gasteiger partial charge is 0.348 e. The second kappa shape index (κ2) is 3.69. The van der Waals surface area contributed by atoms with Crippen LogP contribution in [0.15, 0.2) is 17.2 Å². The summed E-state index contributed by atoms with van der Waals surface area (Å²) in [4.78, 5) is 28.7.